The third-order valence-electron chi connectivity index (χ3n) is 2.91. The molecule has 0 atom stereocenters. The van der Waals surface area contributed by atoms with E-state index >= 15 is 0 Å². The normalized spacial score (nSPS) is 11.3. The minimum absolute atomic E-state index is 0.222. The van der Waals surface area contributed by atoms with E-state index in [0.717, 1.165) is 16.9 Å². The summed E-state index contributed by atoms with van der Waals surface area (Å²) in [7, 11) is 0. The maximum Gasteiger partial charge on any atom is 0.138 e. The van der Waals surface area contributed by atoms with E-state index in [0.29, 0.717) is 16.0 Å². The van der Waals surface area contributed by atoms with Crippen LogP contribution in [0, 0.1) is 9.39 Å². The van der Waals surface area contributed by atoms with Crippen LogP contribution < -0.4 is 0 Å². The molecule has 1 aromatic carbocycles. The molecular weight excluding hydrogens is 398 g/mol. The summed E-state index contributed by atoms with van der Waals surface area (Å²) < 4.78 is 16.3. The molecule has 0 fully saturated rings. The molecule has 0 aliphatic heterocycles. The van der Waals surface area contributed by atoms with E-state index in [-0.39, 0.29) is 5.82 Å². The zero-order chi connectivity index (χ0) is 13.4. The lowest BCUT2D eigenvalue weighted by Crippen LogP contribution is -2.03. The highest BCUT2D eigenvalue weighted by atomic mass is 127. The van der Waals surface area contributed by atoms with Crippen molar-refractivity contribution in [3.63, 3.8) is 0 Å². The molecule has 2 nitrogen and oxygen atoms in total. The van der Waals surface area contributed by atoms with Gasteiger partial charge in [0.15, 0.2) is 0 Å². The summed E-state index contributed by atoms with van der Waals surface area (Å²) in [5.74, 6) is 0.863. The number of benzene rings is 1. The average Bonchev–Trinajstić information content (AvgIpc) is 3.00. The van der Waals surface area contributed by atoms with Crippen molar-refractivity contribution in [3.8, 4) is 0 Å². The fraction of sp³-hybridized carbons (Fsp3) is 0.154. The number of aromatic nitrogens is 2. The Kier molecular flexibility index (Phi) is 3.77. The van der Waals surface area contributed by atoms with Gasteiger partial charge in [0.2, 0.25) is 0 Å². The second-order valence-electron chi connectivity index (χ2n) is 4.13. The van der Waals surface area contributed by atoms with Gasteiger partial charge in [-0.15, -0.1) is 11.6 Å². The number of fused-ring (bicyclic) bond motifs is 1. The fourth-order valence-electron chi connectivity index (χ4n) is 2.01. The molecule has 3 aromatic rings. The predicted octanol–water partition coefficient (Wildman–Crippen LogP) is 4.63. The second kappa shape index (κ2) is 5.38. The van der Waals surface area contributed by atoms with E-state index < -0.39 is 0 Å². The Labute approximate surface area is 132 Å². The van der Waals surface area contributed by atoms with Crippen LogP contribution >= 0.6 is 45.5 Å². The van der Waals surface area contributed by atoms with Gasteiger partial charge in [0.25, 0.3) is 0 Å². The van der Waals surface area contributed by atoms with Gasteiger partial charge in [-0.2, -0.15) is 11.3 Å². The molecule has 98 valence electrons. The monoisotopic (exact) mass is 406 g/mol. The van der Waals surface area contributed by atoms with Crippen molar-refractivity contribution < 1.29 is 4.39 Å². The largest absolute Gasteiger partial charge is 0.322 e. The van der Waals surface area contributed by atoms with E-state index in [1.54, 1.807) is 17.4 Å². The van der Waals surface area contributed by atoms with E-state index in [2.05, 4.69) is 16.4 Å². The summed E-state index contributed by atoms with van der Waals surface area (Å²) in [5, 5.41) is 4.10. The Morgan fingerprint density at radius 3 is 2.95 bits per heavy atom. The molecule has 0 N–H and O–H groups in total. The summed E-state index contributed by atoms with van der Waals surface area (Å²) in [6, 6.07) is 5.34. The fourth-order valence-corrected chi connectivity index (χ4v) is 3.33. The smallest absolute Gasteiger partial charge is 0.138 e. The zero-order valence-electron chi connectivity index (χ0n) is 9.74. The molecular formula is C13H9ClFIN2S. The third kappa shape index (κ3) is 2.51. The van der Waals surface area contributed by atoms with Crippen molar-refractivity contribution in [1.82, 2.24) is 9.55 Å². The molecule has 3 rings (SSSR count). The van der Waals surface area contributed by atoms with E-state index in [9.17, 15) is 4.39 Å². The molecule has 0 saturated heterocycles. The van der Waals surface area contributed by atoms with Crippen LogP contribution in [-0.2, 0) is 12.4 Å². The number of nitrogens with zero attached hydrogens (tertiary/aromatic N) is 2. The Morgan fingerprint density at radius 2 is 2.26 bits per heavy atom. The lowest BCUT2D eigenvalue weighted by Gasteiger charge is -2.06. The van der Waals surface area contributed by atoms with Crippen LogP contribution in [0.5, 0.6) is 0 Å². The van der Waals surface area contributed by atoms with Gasteiger partial charge in [-0.3, -0.25) is 0 Å². The summed E-state index contributed by atoms with van der Waals surface area (Å²) in [4.78, 5) is 4.48. The number of alkyl halides is 1. The molecule has 0 aliphatic carbocycles. The highest BCUT2D eigenvalue weighted by Gasteiger charge is 2.13. The number of hydrogen-bond donors (Lipinski definition) is 0. The van der Waals surface area contributed by atoms with Gasteiger partial charge in [-0.05, 0) is 51.0 Å². The summed E-state index contributed by atoms with van der Waals surface area (Å²) >= 11 is 9.56. The quantitative estimate of drug-likeness (QED) is 0.458. The van der Waals surface area contributed by atoms with Gasteiger partial charge in [0.05, 0.1) is 27.0 Å². The maximum atomic E-state index is 13.7. The summed E-state index contributed by atoms with van der Waals surface area (Å²) in [6.45, 7) is 0.669. The van der Waals surface area contributed by atoms with Crippen LogP contribution in [0.3, 0.4) is 0 Å². The Balaban J connectivity index is 2.17. The van der Waals surface area contributed by atoms with Crippen LogP contribution in [0.2, 0.25) is 0 Å². The standard InChI is InChI=1S/C13H9ClFIN2S/c14-5-13-17-11-4-10(16)9(15)3-12(11)18(13)6-8-1-2-19-7-8/h1-4,7H,5-6H2. The van der Waals surface area contributed by atoms with Gasteiger partial charge in [-0.25, -0.2) is 9.37 Å². The molecule has 0 amide bonds. The molecule has 6 heteroatoms. The molecule has 2 heterocycles. The molecule has 0 spiro atoms. The van der Waals surface area contributed by atoms with Crippen molar-refractivity contribution in [2.75, 3.05) is 0 Å². The van der Waals surface area contributed by atoms with Crippen LogP contribution in [-0.4, -0.2) is 9.55 Å². The van der Waals surface area contributed by atoms with E-state index in [1.165, 1.54) is 11.6 Å². The van der Waals surface area contributed by atoms with Crippen LogP contribution in [0.15, 0.2) is 29.0 Å². The van der Waals surface area contributed by atoms with Crippen LogP contribution in [0.25, 0.3) is 11.0 Å². The number of halogens is 3. The lowest BCUT2D eigenvalue weighted by atomic mass is 10.3. The molecule has 0 radical (unpaired) electrons. The first-order valence-electron chi connectivity index (χ1n) is 5.60. The predicted molar refractivity (Wildman–Crippen MR) is 85.4 cm³/mol. The molecule has 0 aliphatic rings. The van der Waals surface area contributed by atoms with Crippen LogP contribution in [0.4, 0.5) is 4.39 Å². The Bertz CT molecular complexity index is 724. The minimum Gasteiger partial charge on any atom is -0.322 e. The zero-order valence-corrected chi connectivity index (χ0v) is 13.5. The van der Waals surface area contributed by atoms with Gasteiger partial charge >= 0.3 is 0 Å². The molecule has 0 bridgehead atoms. The van der Waals surface area contributed by atoms with E-state index in [1.807, 2.05) is 32.5 Å². The number of imidazole rings is 1. The topological polar surface area (TPSA) is 17.8 Å². The van der Waals surface area contributed by atoms with Gasteiger partial charge in [0.1, 0.15) is 11.6 Å². The second-order valence-corrected chi connectivity index (χ2v) is 6.34. The number of thiophene rings is 1. The molecule has 0 saturated carbocycles. The van der Waals surface area contributed by atoms with E-state index in [4.69, 9.17) is 11.6 Å². The number of hydrogen-bond acceptors (Lipinski definition) is 2. The van der Waals surface area contributed by atoms with Gasteiger partial charge < -0.3 is 4.57 Å². The highest BCUT2D eigenvalue weighted by Crippen LogP contribution is 2.24. The van der Waals surface area contributed by atoms with Crippen molar-refractivity contribution in [3.05, 3.63) is 49.7 Å². The SMILES string of the molecule is Fc1cc2c(cc1I)nc(CCl)n2Cc1ccsc1. The first-order valence-corrected chi connectivity index (χ1v) is 8.16. The summed E-state index contributed by atoms with van der Waals surface area (Å²) in [5.41, 5.74) is 2.76. The average molecular weight is 407 g/mol. The first-order chi connectivity index (χ1) is 9.19. The Hall–Kier alpha value is -0.660. The van der Waals surface area contributed by atoms with Gasteiger partial charge in [-0.1, -0.05) is 0 Å². The molecule has 2 aromatic heterocycles. The number of rotatable bonds is 3. The van der Waals surface area contributed by atoms with Gasteiger partial charge in [0, 0.05) is 6.07 Å². The highest BCUT2D eigenvalue weighted by molar-refractivity contribution is 14.1. The lowest BCUT2D eigenvalue weighted by molar-refractivity contribution is 0.621. The molecule has 0 unspecified atom stereocenters. The Morgan fingerprint density at radius 1 is 1.42 bits per heavy atom. The minimum atomic E-state index is -0.222. The molecule has 19 heavy (non-hydrogen) atoms. The maximum absolute atomic E-state index is 13.7. The third-order valence-corrected chi connectivity index (χ3v) is 4.71. The summed E-state index contributed by atoms with van der Waals surface area (Å²) in [6.07, 6.45) is 0. The van der Waals surface area contributed by atoms with Crippen molar-refractivity contribution in [1.29, 1.82) is 0 Å². The van der Waals surface area contributed by atoms with Crippen molar-refractivity contribution in [2.24, 2.45) is 0 Å². The van der Waals surface area contributed by atoms with Crippen molar-refractivity contribution >= 4 is 56.6 Å². The van der Waals surface area contributed by atoms with Crippen molar-refractivity contribution in [2.45, 2.75) is 12.4 Å². The first kappa shape index (κ1) is 13.3. The van der Waals surface area contributed by atoms with Crippen LogP contribution in [0.1, 0.15) is 11.4 Å².